The zero-order valence-corrected chi connectivity index (χ0v) is 10.5. The summed E-state index contributed by atoms with van der Waals surface area (Å²) in [5.74, 6) is -0.485. The largest absolute Gasteiger partial charge is 0.496 e. The van der Waals surface area contributed by atoms with Gasteiger partial charge in [0.2, 0.25) is 11.5 Å². The Balaban J connectivity index is 2.34. The molecule has 0 N–H and O–H groups in total. The van der Waals surface area contributed by atoms with Gasteiger partial charge in [-0.15, -0.1) is 0 Å². The Bertz CT molecular complexity index is 612. The van der Waals surface area contributed by atoms with E-state index < -0.39 is 5.97 Å². The van der Waals surface area contributed by atoms with Crippen LogP contribution in [0.1, 0.15) is 26.7 Å². The molecule has 0 saturated heterocycles. The lowest BCUT2D eigenvalue weighted by molar-refractivity contribution is 0.0563. The first-order valence-electron chi connectivity index (χ1n) is 5.53. The fourth-order valence-electron chi connectivity index (χ4n) is 1.64. The van der Waals surface area contributed by atoms with Gasteiger partial charge in [-0.3, -0.25) is 4.79 Å². The van der Waals surface area contributed by atoms with Crippen LogP contribution in [0.5, 0.6) is 5.75 Å². The van der Waals surface area contributed by atoms with Crippen LogP contribution in [0.3, 0.4) is 0 Å². The molecule has 5 heteroatoms. The minimum Gasteiger partial charge on any atom is -0.496 e. The van der Waals surface area contributed by atoms with Crippen molar-refractivity contribution >= 4 is 11.8 Å². The van der Waals surface area contributed by atoms with Gasteiger partial charge < -0.3 is 13.9 Å². The van der Waals surface area contributed by atoms with E-state index in [1.54, 1.807) is 24.3 Å². The first-order valence-corrected chi connectivity index (χ1v) is 5.53. The predicted molar refractivity (Wildman–Crippen MR) is 66.5 cm³/mol. The normalized spacial score (nSPS) is 10.0. The lowest BCUT2D eigenvalue weighted by Crippen LogP contribution is -2.03. The number of ketones is 1. The fourth-order valence-corrected chi connectivity index (χ4v) is 1.64. The zero-order valence-electron chi connectivity index (χ0n) is 10.5. The second kappa shape index (κ2) is 5.39. The van der Waals surface area contributed by atoms with Gasteiger partial charge in [-0.2, -0.15) is 0 Å². The van der Waals surface area contributed by atoms with Crippen molar-refractivity contribution in [1.82, 2.24) is 0 Å². The molecule has 0 radical (unpaired) electrons. The third kappa shape index (κ3) is 2.49. The highest BCUT2D eigenvalue weighted by Gasteiger charge is 2.19. The van der Waals surface area contributed by atoms with Gasteiger partial charge >= 0.3 is 5.97 Å². The average Bonchev–Trinajstić information content (AvgIpc) is 2.95. The number of rotatable bonds is 4. The summed E-state index contributed by atoms with van der Waals surface area (Å²) in [6.07, 6.45) is 0. The van der Waals surface area contributed by atoms with Crippen molar-refractivity contribution in [2.75, 3.05) is 14.2 Å². The Hall–Kier alpha value is -2.56. The number of carbonyl (C=O) groups is 2. The molecule has 0 aliphatic carbocycles. The number of carbonyl (C=O) groups excluding carboxylic acids is 2. The molecule has 1 aromatic carbocycles. The summed E-state index contributed by atoms with van der Waals surface area (Å²) in [7, 11) is 2.72. The summed E-state index contributed by atoms with van der Waals surface area (Å²) in [4.78, 5) is 23.5. The van der Waals surface area contributed by atoms with Crippen molar-refractivity contribution < 1.29 is 23.5 Å². The molecule has 2 rings (SSSR count). The van der Waals surface area contributed by atoms with E-state index in [2.05, 4.69) is 4.74 Å². The van der Waals surface area contributed by atoms with E-state index >= 15 is 0 Å². The third-order valence-corrected chi connectivity index (χ3v) is 2.57. The van der Waals surface area contributed by atoms with Crippen molar-refractivity contribution in [3.05, 3.63) is 53.5 Å². The fraction of sp³-hybridized carbons (Fsp3) is 0.143. The molecule has 0 bridgehead atoms. The van der Waals surface area contributed by atoms with Gasteiger partial charge in [0.1, 0.15) is 5.75 Å². The smallest absolute Gasteiger partial charge is 0.373 e. The van der Waals surface area contributed by atoms with Crippen molar-refractivity contribution in [3.8, 4) is 5.75 Å². The predicted octanol–water partition coefficient (Wildman–Crippen LogP) is 2.31. The molecule has 0 saturated carbocycles. The van der Waals surface area contributed by atoms with Gasteiger partial charge in [-0.05, 0) is 24.3 Å². The van der Waals surface area contributed by atoms with Crippen LogP contribution in [0.2, 0.25) is 0 Å². The van der Waals surface area contributed by atoms with Gasteiger partial charge in [0.05, 0.1) is 19.8 Å². The van der Waals surface area contributed by atoms with Crippen LogP contribution >= 0.6 is 0 Å². The van der Waals surface area contributed by atoms with Crippen molar-refractivity contribution in [3.63, 3.8) is 0 Å². The van der Waals surface area contributed by atoms with Crippen LogP contribution in [-0.4, -0.2) is 26.0 Å². The molecule has 5 nitrogen and oxygen atoms in total. The van der Waals surface area contributed by atoms with Crippen molar-refractivity contribution in [1.29, 1.82) is 0 Å². The van der Waals surface area contributed by atoms with E-state index in [0.29, 0.717) is 11.3 Å². The number of esters is 1. The highest BCUT2D eigenvalue weighted by molar-refractivity contribution is 6.09. The molecule has 0 fully saturated rings. The van der Waals surface area contributed by atoms with Crippen LogP contribution in [-0.2, 0) is 4.74 Å². The van der Waals surface area contributed by atoms with E-state index in [-0.39, 0.29) is 17.3 Å². The maximum Gasteiger partial charge on any atom is 0.373 e. The number of ether oxygens (including phenoxy) is 2. The number of benzene rings is 1. The van der Waals surface area contributed by atoms with Gasteiger partial charge in [0.25, 0.3) is 0 Å². The molecule has 0 aliphatic heterocycles. The minimum absolute atomic E-state index is 0.0132. The second-order valence-corrected chi connectivity index (χ2v) is 3.68. The summed E-state index contributed by atoms with van der Waals surface area (Å²) >= 11 is 0. The SMILES string of the molecule is COC(=O)c1ccc(C(=O)c2ccccc2OC)o1. The Morgan fingerprint density at radius 2 is 1.68 bits per heavy atom. The number of methoxy groups -OCH3 is 2. The molecule has 1 heterocycles. The Labute approximate surface area is 109 Å². The molecular weight excluding hydrogens is 248 g/mol. The second-order valence-electron chi connectivity index (χ2n) is 3.68. The van der Waals surface area contributed by atoms with Crippen LogP contribution in [0.25, 0.3) is 0 Å². The average molecular weight is 260 g/mol. The van der Waals surface area contributed by atoms with E-state index in [4.69, 9.17) is 9.15 Å². The molecule has 0 atom stereocenters. The summed E-state index contributed by atoms with van der Waals surface area (Å²) in [5.41, 5.74) is 0.371. The summed E-state index contributed by atoms with van der Waals surface area (Å²) in [6.45, 7) is 0. The molecule has 1 aromatic heterocycles. The standard InChI is InChI=1S/C14H12O5/c1-17-10-6-4-3-5-9(10)13(15)11-7-8-12(19-11)14(16)18-2/h3-8H,1-2H3. The van der Waals surface area contributed by atoms with E-state index in [1.165, 1.54) is 26.4 Å². The van der Waals surface area contributed by atoms with E-state index in [9.17, 15) is 9.59 Å². The van der Waals surface area contributed by atoms with Crippen LogP contribution < -0.4 is 4.74 Å². The van der Waals surface area contributed by atoms with Gasteiger partial charge in [0, 0.05) is 0 Å². The quantitative estimate of drug-likeness (QED) is 0.623. The molecule has 2 aromatic rings. The molecule has 0 unspecified atom stereocenters. The highest BCUT2D eigenvalue weighted by Crippen LogP contribution is 2.22. The lowest BCUT2D eigenvalue weighted by atomic mass is 10.1. The highest BCUT2D eigenvalue weighted by atomic mass is 16.5. The van der Waals surface area contributed by atoms with Crippen LogP contribution in [0, 0.1) is 0 Å². The first-order chi connectivity index (χ1) is 9.17. The van der Waals surface area contributed by atoms with E-state index in [1.807, 2.05) is 0 Å². The third-order valence-electron chi connectivity index (χ3n) is 2.57. The van der Waals surface area contributed by atoms with Crippen molar-refractivity contribution in [2.45, 2.75) is 0 Å². The molecular formula is C14H12O5. The van der Waals surface area contributed by atoms with Crippen LogP contribution in [0.15, 0.2) is 40.8 Å². The summed E-state index contributed by atoms with van der Waals surface area (Å²) in [5, 5.41) is 0. The molecule has 19 heavy (non-hydrogen) atoms. The van der Waals surface area contributed by atoms with Gasteiger partial charge in [-0.1, -0.05) is 12.1 Å². The number of hydrogen-bond donors (Lipinski definition) is 0. The van der Waals surface area contributed by atoms with E-state index in [0.717, 1.165) is 0 Å². The summed E-state index contributed by atoms with van der Waals surface area (Å²) in [6, 6.07) is 9.62. The Morgan fingerprint density at radius 1 is 1.00 bits per heavy atom. The number of hydrogen-bond acceptors (Lipinski definition) is 5. The summed E-state index contributed by atoms with van der Waals surface area (Å²) < 4.78 is 14.8. The molecule has 0 aliphatic rings. The molecule has 0 amide bonds. The topological polar surface area (TPSA) is 65.7 Å². The van der Waals surface area contributed by atoms with Crippen molar-refractivity contribution in [2.24, 2.45) is 0 Å². The zero-order chi connectivity index (χ0) is 13.8. The van der Waals surface area contributed by atoms with Gasteiger partial charge in [0.15, 0.2) is 5.76 Å². The lowest BCUT2D eigenvalue weighted by Gasteiger charge is -2.05. The molecule has 0 spiro atoms. The van der Waals surface area contributed by atoms with Gasteiger partial charge in [-0.25, -0.2) is 4.79 Å². The number of para-hydroxylation sites is 1. The first kappa shape index (κ1) is 12.9. The van der Waals surface area contributed by atoms with Crippen LogP contribution in [0.4, 0.5) is 0 Å². The maximum absolute atomic E-state index is 12.2. The minimum atomic E-state index is -0.626. The maximum atomic E-state index is 12.2. The molecule has 98 valence electrons. The Morgan fingerprint density at radius 3 is 2.37 bits per heavy atom. The number of furan rings is 1. The Kier molecular flexibility index (Phi) is 3.66. The monoisotopic (exact) mass is 260 g/mol.